The van der Waals surface area contributed by atoms with Gasteiger partial charge in [0, 0.05) is 13.0 Å². The molecule has 1 N–H and O–H groups in total. The van der Waals surface area contributed by atoms with Crippen LogP contribution in [0.1, 0.15) is 12.0 Å². The first-order valence-electron chi connectivity index (χ1n) is 5.97. The van der Waals surface area contributed by atoms with Gasteiger partial charge in [0.05, 0.1) is 6.42 Å². The summed E-state index contributed by atoms with van der Waals surface area (Å²) in [5, 5.41) is 5.15. The Labute approximate surface area is 107 Å². The topological polar surface area (TPSA) is 29.1 Å². The van der Waals surface area contributed by atoms with Gasteiger partial charge in [-0.15, -0.1) is 12.3 Å². The third kappa shape index (κ3) is 3.11. The summed E-state index contributed by atoms with van der Waals surface area (Å²) in [6.07, 6.45) is 6.10. The highest BCUT2D eigenvalue weighted by atomic mass is 16.1. The monoisotopic (exact) mass is 237 g/mol. The van der Waals surface area contributed by atoms with Crippen LogP contribution in [0.3, 0.4) is 0 Å². The van der Waals surface area contributed by atoms with Crippen LogP contribution in [0.2, 0.25) is 0 Å². The third-order valence-corrected chi connectivity index (χ3v) is 2.77. The molecule has 0 aliphatic carbocycles. The summed E-state index contributed by atoms with van der Waals surface area (Å²) >= 11 is 0. The van der Waals surface area contributed by atoms with Crippen molar-refractivity contribution in [1.29, 1.82) is 0 Å². The highest BCUT2D eigenvalue weighted by molar-refractivity contribution is 5.85. The van der Waals surface area contributed by atoms with E-state index in [9.17, 15) is 4.79 Å². The standard InChI is InChI=1S/C16H15NO/c1-2-3-10-17-16(18)12-13-8-9-14-6-4-5-7-15(14)11-13/h1,4-9,11H,3,10,12H2,(H,17,18). The molecule has 90 valence electrons. The van der Waals surface area contributed by atoms with Gasteiger partial charge in [-0.3, -0.25) is 4.79 Å². The number of fused-ring (bicyclic) bond motifs is 1. The van der Waals surface area contributed by atoms with E-state index in [2.05, 4.69) is 29.4 Å². The minimum absolute atomic E-state index is 0.0144. The average Bonchev–Trinajstić information content (AvgIpc) is 2.39. The number of benzene rings is 2. The van der Waals surface area contributed by atoms with E-state index in [1.165, 1.54) is 5.39 Å². The summed E-state index contributed by atoms with van der Waals surface area (Å²) in [6.45, 7) is 0.545. The molecule has 18 heavy (non-hydrogen) atoms. The maximum atomic E-state index is 11.6. The Bertz CT molecular complexity index is 595. The van der Waals surface area contributed by atoms with E-state index in [1.54, 1.807) is 0 Å². The normalized spacial score (nSPS) is 9.94. The zero-order valence-electron chi connectivity index (χ0n) is 10.1. The number of nitrogens with one attached hydrogen (secondary N) is 1. The minimum atomic E-state index is 0.0144. The molecule has 0 aliphatic rings. The van der Waals surface area contributed by atoms with Crippen LogP contribution in [-0.4, -0.2) is 12.5 Å². The first-order chi connectivity index (χ1) is 8.79. The van der Waals surface area contributed by atoms with Gasteiger partial charge < -0.3 is 5.32 Å². The average molecular weight is 237 g/mol. The number of terminal acetylenes is 1. The largest absolute Gasteiger partial charge is 0.355 e. The van der Waals surface area contributed by atoms with Gasteiger partial charge in [0.2, 0.25) is 5.91 Å². The van der Waals surface area contributed by atoms with E-state index < -0.39 is 0 Å². The van der Waals surface area contributed by atoms with E-state index in [-0.39, 0.29) is 5.91 Å². The Hall–Kier alpha value is -2.27. The summed E-state index contributed by atoms with van der Waals surface area (Å²) in [5.41, 5.74) is 1.02. The van der Waals surface area contributed by atoms with Gasteiger partial charge in [-0.1, -0.05) is 42.5 Å². The van der Waals surface area contributed by atoms with Crippen molar-refractivity contribution in [3.8, 4) is 12.3 Å². The molecule has 0 radical (unpaired) electrons. The third-order valence-electron chi connectivity index (χ3n) is 2.77. The molecule has 1 amide bonds. The number of hydrogen-bond acceptors (Lipinski definition) is 1. The van der Waals surface area contributed by atoms with Gasteiger partial charge in [0.1, 0.15) is 0 Å². The van der Waals surface area contributed by atoms with Gasteiger partial charge in [-0.2, -0.15) is 0 Å². The summed E-state index contributed by atoms with van der Waals surface area (Å²) in [5.74, 6) is 2.51. The smallest absolute Gasteiger partial charge is 0.224 e. The number of carbonyl (C=O) groups excluding carboxylic acids is 1. The maximum Gasteiger partial charge on any atom is 0.224 e. The molecule has 0 aliphatic heterocycles. The van der Waals surface area contributed by atoms with Crippen LogP contribution in [0.4, 0.5) is 0 Å². The molecule has 0 saturated heterocycles. The molecule has 0 bridgehead atoms. The van der Waals surface area contributed by atoms with Crippen LogP contribution in [0.5, 0.6) is 0 Å². The van der Waals surface area contributed by atoms with Crippen molar-refractivity contribution >= 4 is 16.7 Å². The molecule has 0 atom stereocenters. The second kappa shape index (κ2) is 5.88. The van der Waals surface area contributed by atoms with Crippen molar-refractivity contribution in [1.82, 2.24) is 5.32 Å². The lowest BCUT2D eigenvalue weighted by atomic mass is 10.0. The first-order valence-corrected chi connectivity index (χ1v) is 5.97. The van der Waals surface area contributed by atoms with Crippen molar-refractivity contribution in [3.05, 3.63) is 48.0 Å². The van der Waals surface area contributed by atoms with E-state index in [0.29, 0.717) is 19.4 Å². The summed E-state index contributed by atoms with van der Waals surface area (Å²) in [7, 11) is 0. The van der Waals surface area contributed by atoms with Gasteiger partial charge in [0.25, 0.3) is 0 Å². The lowest BCUT2D eigenvalue weighted by molar-refractivity contribution is -0.120. The Morgan fingerprint density at radius 2 is 1.94 bits per heavy atom. The Morgan fingerprint density at radius 3 is 2.72 bits per heavy atom. The number of amides is 1. The van der Waals surface area contributed by atoms with Crippen LogP contribution in [0.15, 0.2) is 42.5 Å². The van der Waals surface area contributed by atoms with Crippen LogP contribution in [0.25, 0.3) is 10.8 Å². The van der Waals surface area contributed by atoms with Crippen molar-refractivity contribution in [2.45, 2.75) is 12.8 Å². The number of rotatable bonds is 4. The number of hydrogen-bond donors (Lipinski definition) is 1. The van der Waals surface area contributed by atoms with E-state index >= 15 is 0 Å². The van der Waals surface area contributed by atoms with E-state index in [0.717, 1.165) is 10.9 Å². The van der Waals surface area contributed by atoms with Gasteiger partial charge in [0.15, 0.2) is 0 Å². The Morgan fingerprint density at radius 1 is 1.17 bits per heavy atom. The van der Waals surface area contributed by atoms with Crippen molar-refractivity contribution in [2.75, 3.05) is 6.54 Å². The quantitative estimate of drug-likeness (QED) is 0.642. The van der Waals surface area contributed by atoms with Crippen LogP contribution >= 0.6 is 0 Å². The molecule has 2 aromatic carbocycles. The molecule has 2 aromatic rings. The van der Waals surface area contributed by atoms with Crippen LogP contribution < -0.4 is 5.32 Å². The zero-order valence-corrected chi connectivity index (χ0v) is 10.1. The van der Waals surface area contributed by atoms with Crippen molar-refractivity contribution in [3.63, 3.8) is 0 Å². The van der Waals surface area contributed by atoms with Gasteiger partial charge >= 0.3 is 0 Å². The van der Waals surface area contributed by atoms with Crippen molar-refractivity contribution in [2.24, 2.45) is 0 Å². The molecular formula is C16H15NO. The maximum absolute atomic E-state index is 11.6. The Balaban J connectivity index is 2.03. The summed E-state index contributed by atoms with van der Waals surface area (Å²) < 4.78 is 0. The van der Waals surface area contributed by atoms with E-state index in [1.807, 2.05) is 24.3 Å². The SMILES string of the molecule is C#CCCNC(=O)Cc1ccc2ccccc2c1. The fourth-order valence-corrected chi connectivity index (χ4v) is 1.87. The molecule has 0 saturated carbocycles. The van der Waals surface area contributed by atoms with Crippen LogP contribution in [-0.2, 0) is 11.2 Å². The molecule has 2 heteroatoms. The highest BCUT2D eigenvalue weighted by Crippen LogP contribution is 2.15. The molecule has 2 rings (SSSR count). The fourth-order valence-electron chi connectivity index (χ4n) is 1.87. The second-order valence-electron chi connectivity index (χ2n) is 4.16. The lowest BCUT2D eigenvalue weighted by Crippen LogP contribution is -2.25. The van der Waals surface area contributed by atoms with Gasteiger partial charge in [-0.05, 0) is 16.3 Å². The van der Waals surface area contributed by atoms with Crippen molar-refractivity contribution < 1.29 is 4.79 Å². The fraction of sp³-hybridized carbons (Fsp3) is 0.188. The van der Waals surface area contributed by atoms with Crippen LogP contribution in [0, 0.1) is 12.3 Å². The molecular weight excluding hydrogens is 222 g/mol. The lowest BCUT2D eigenvalue weighted by Gasteiger charge is -2.05. The summed E-state index contributed by atoms with van der Waals surface area (Å²) in [6, 6.07) is 14.2. The highest BCUT2D eigenvalue weighted by Gasteiger charge is 2.03. The molecule has 0 aromatic heterocycles. The predicted octanol–water partition coefficient (Wildman–Crippen LogP) is 2.52. The summed E-state index contributed by atoms with van der Waals surface area (Å²) in [4.78, 5) is 11.6. The van der Waals surface area contributed by atoms with E-state index in [4.69, 9.17) is 6.42 Å². The first kappa shape index (κ1) is 12.2. The minimum Gasteiger partial charge on any atom is -0.355 e. The molecule has 0 fully saturated rings. The zero-order chi connectivity index (χ0) is 12.8. The molecule has 2 nitrogen and oxygen atoms in total. The van der Waals surface area contributed by atoms with Gasteiger partial charge in [-0.25, -0.2) is 0 Å². The molecule has 0 unspecified atom stereocenters. The molecule has 0 spiro atoms. The number of carbonyl (C=O) groups is 1. The second-order valence-corrected chi connectivity index (χ2v) is 4.16. The molecule has 0 heterocycles. The Kier molecular flexibility index (Phi) is 3.98. The predicted molar refractivity (Wildman–Crippen MR) is 74.1 cm³/mol.